The van der Waals surface area contributed by atoms with Gasteiger partial charge in [0, 0.05) is 5.75 Å². The van der Waals surface area contributed by atoms with Crippen LogP contribution in [0.3, 0.4) is 0 Å². The van der Waals surface area contributed by atoms with Crippen molar-refractivity contribution in [2.45, 2.75) is 13.8 Å². The average Bonchev–Trinajstić information content (AvgIpc) is 1.65. The zero-order valence-electron chi connectivity index (χ0n) is 4.19. The molecular formula is C5H9S. The second-order valence-corrected chi connectivity index (χ2v) is 1.57. The Morgan fingerprint density at radius 2 is 2.33 bits per heavy atom. The summed E-state index contributed by atoms with van der Waals surface area (Å²) >= 11 is 4.71. The molecule has 1 heteroatoms. The van der Waals surface area contributed by atoms with Crippen molar-refractivity contribution in [1.29, 1.82) is 0 Å². The molecular weight excluding hydrogens is 92.1 g/mol. The summed E-state index contributed by atoms with van der Waals surface area (Å²) in [5, 5.41) is 0. The molecule has 0 N–H and O–H groups in total. The van der Waals surface area contributed by atoms with Gasteiger partial charge in [-0.15, -0.1) is 0 Å². The van der Waals surface area contributed by atoms with Crippen LogP contribution in [-0.4, -0.2) is 5.75 Å². The summed E-state index contributed by atoms with van der Waals surface area (Å²) in [5.41, 5.74) is 1.28. The van der Waals surface area contributed by atoms with Crippen molar-refractivity contribution in [2.24, 2.45) is 0 Å². The molecule has 0 aliphatic heterocycles. The molecule has 0 atom stereocenters. The average molecular weight is 101 g/mol. The Labute approximate surface area is 44.7 Å². The van der Waals surface area contributed by atoms with E-state index in [0.29, 0.717) is 0 Å². The fourth-order valence-corrected chi connectivity index (χ4v) is 0.250. The van der Waals surface area contributed by atoms with Gasteiger partial charge in [0.25, 0.3) is 0 Å². The minimum atomic E-state index is 0.774. The molecule has 0 saturated carbocycles. The first-order chi connectivity index (χ1) is 2.81. The first kappa shape index (κ1) is 6.09. The molecule has 0 aromatic heterocycles. The molecule has 0 rings (SSSR count). The van der Waals surface area contributed by atoms with E-state index >= 15 is 0 Å². The molecule has 0 aliphatic rings. The van der Waals surface area contributed by atoms with Gasteiger partial charge in [-0.1, -0.05) is 24.3 Å². The van der Waals surface area contributed by atoms with E-state index in [9.17, 15) is 0 Å². The molecule has 0 heterocycles. The highest BCUT2D eigenvalue weighted by atomic mass is 32.1. The van der Waals surface area contributed by atoms with Gasteiger partial charge in [-0.25, -0.2) is 0 Å². The lowest BCUT2D eigenvalue weighted by molar-refractivity contribution is 1.39. The monoisotopic (exact) mass is 101 g/mol. The van der Waals surface area contributed by atoms with Gasteiger partial charge < -0.3 is 0 Å². The van der Waals surface area contributed by atoms with Gasteiger partial charge in [-0.3, -0.25) is 0 Å². The van der Waals surface area contributed by atoms with Crippen LogP contribution in [0, 0.1) is 0 Å². The quantitative estimate of drug-likeness (QED) is 0.444. The lowest BCUT2D eigenvalue weighted by Crippen LogP contribution is -1.70. The molecule has 0 bridgehead atoms. The molecule has 0 amide bonds. The number of hydrogen-bond acceptors (Lipinski definition) is 0. The molecule has 6 heavy (non-hydrogen) atoms. The van der Waals surface area contributed by atoms with E-state index in [4.69, 9.17) is 12.6 Å². The van der Waals surface area contributed by atoms with Crippen molar-refractivity contribution in [1.82, 2.24) is 0 Å². The maximum Gasteiger partial charge on any atom is 0.0244 e. The Morgan fingerprint density at radius 1 is 1.83 bits per heavy atom. The second-order valence-electron chi connectivity index (χ2n) is 1.28. The van der Waals surface area contributed by atoms with Gasteiger partial charge in [0.15, 0.2) is 0 Å². The largest absolute Gasteiger partial charge is 0.0894 e. The summed E-state index contributed by atoms with van der Waals surface area (Å²) in [6.07, 6.45) is 2.03. The van der Waals surface area contributed by atoms with Crippen LogP contribution < -0.4 is 0 Å². The SMILES string of the molecule is CC=C(C)C[S]. The number of rotatable bonds is 1. The van der Waals surface area contributed by atoms with Crippen LogP contribution >= 0.6 is 12.6 Å². The molecule has 35 valence electrons. The fourth-order valence-electron chi connectivity index (χ4n) is 0.0833. The lowest BCUT2D eigenvalue weighted by Gasteiger charge is -1.83. The maximum atomic E-state index is 4.71. The molecule has 0 nitrogen and oxygen atoms in total. The van der Waals surface area contributed by atoms with E-state index in [1.54, 1.807) is 0 Å². The predicted molar refractivity (Wildman–Crippen MR) is 31.9 cm³/mol. The van der Waals surface area contributed by atoms with Crippen LogP contribution in [0.25, 0.3) is 0 Å². The van der Waals surface area contributed by atoms with E-state index in [0.717, 1.165) is 5.75 Å². The van der Waals surface area contributed by atoms with Gasteiger partial charge in [-0.05, 0) is 13.8 Å². The molecule has 1 radical (unpaired) electrons. The predicted octanol–water partition coefficient (Wildman–Crippen LogP) is 2.15. The van der Waals surface area contributed by atoms with E-state index in [1.165, 1.54) is 5.57 Å². The smallest absolute Gasteiger partial charge is 0.0244 e. The van der Waals surface area contributed by atoms with Crippen LogP contribution in [-0.2, 0) is 0 Å². The molecule has 0 spiro atoms. The third-order valence-electron chi connectivity index (χ3n) is 0.720. The molecule has 0 aromatic rings. The van der Waals surface area contributed by atoms with Crippen LogP contribution in [0.5, 0.6) is 0 Å². The van der Waals surface area contributed by atoms with Crippen LogP contribution in [0.15, 0.2) is 11.6 Å². The highest BCUT2D eigenvalue weighted by molar-refractivity contribution is 7.80. The Kier molecular flexibility index (Phi) is 3.34. The van der Waals surface area contributed by atoms with Crippen molar-refractivity contribution >= 4 is 12.6 Å². The van der Waals surface area contributed by atoms with Crippen molar-refractivity contribution in [3.63, 3.8) is 0 Å². The lowest BCUT2D eigenvalue weighted by atomic mass is 10.3. The Morgan fingerprint density at radius 3 is 2.33 bits per heavy atom. The van der Waals surface area contributed by atoms with Gasteiger partial charge in [0.1, 0.15) is 0 Å². The van der Waals surface area contributed by atoms with Crippen molar-refractivity contribution in [3.8, 4) is 0 Å². The summed E-state index contributed by atoms with van der Waals surface area (Å²) in [6, 6.07) is 0. The molecule has 0 aromatic carbocycles. The summed E-state index contributed by atoms with van der Waals surface area (Å²) in [4.78, 5) is 0. The van der Waals surface area contributed by atoms with Crippen molar-refractivity contribution in [3.05, 3.63) is 11.6 Å². The van der Waals surface area contributed by atoms with E-state index in [1.807, 2.05) is 19.9 Å². The molecule has 0 fully saturated rings. The Hall–Kier alpha value is 0.0900. The van der Waals surface area contributed by atoms with Crippen molar-refractivity contribution < 1.29 is 0 Å². The zero-order chi connectivity index (χ0) is 4.99. The topological polar surface area (TPSA) is 0 Å². The fraction of sp³-hybridized carbons (Fsp3) is 0.600. The first-order valence-electron chi connectivity index (χ1n) is 2.01. The van der Waals surface area contributed by atoms with E-state index in [2.05, 4.69) is 0 Å². The van der Waals surface area contributed by atoms with Gasteiger partial charge in [0.05, 0.1) is 0 Å². The zero-order valence-corrected chi connectivity index (χ0v) is 5.01. The highest BCUT2D eigenvalue weighted by Gasteiger charge is 1.74. The molecule has 0 unspecified atom stereocenters. The number of hydrogen-bond donors (Lipinski definition) is 0. The maximum absolute atomic E-state index is 4.71. The van der Waals surface area contributed by atoms with Gasteiger partial charge in [0.2, 0.25) is 0 Å². The molecule has 0 saturated heterocycles. The van der Waals surface area contributed by atoms with Crippen LogP contribution in [0.4, 0.5) is 0 Å². The summed E-state index contributed by atoms with van der Waals surface area (Å²) in [5.74, 6) is 0.774. The van der Waals surface area contributed by atoms with E-state index < -0.39 is 0 Å². The Balaban J connectivity index is 3.22. The normalized spacial score (nSPS) is 12.2. The summed E-state index contributed by atoms with van der Waals surface area (Å²) < 4.78 is 0. The minimum Gasteiger partial charge on any atom is -0.0894 e. The highest BCUT2D eigenvalue weighted by Crippen LogP contribution is 1.91. The van der Waals surface area contributed by atoms with Crippen LogP contribution in [0.1, 0.15) is 13.8 Å². The standard InChI is InChI=1S/C5H9S/c1-3-5(2)4-6/h3H,4H2,1-2H3. The van der Waals surface area contributed by atoms with Gasteiger partial charge in [-0.2, -0.15) is 0 Å². The Bertz CT molecular complexity index is 55.0. The third kappa shape index (κ3) is 2.33. The summed E-state index contributed by atoms with van der Waals surface area (Å²) in [7, 11) is 0. The molecule has 0 aliphatic carbocycles. The summed E-state index contributed by atoms with van der Waals surface area (Å²) in [6.45, 7) is 4.04. The van der Waals surface area contributed by atoms with Crippen molar-refractivity contribution in [2.75, 3.05) is 5.75 Å². The first-order valence-corrected chi connectivity index (χ1v) is 2.59. The second kappa shape index (κ2) is 3.29. The van der Waals surface area contributed by atoms with Gasteiger partial charge >= 0.3 is 0 Å². The minimum absolute atomic E-state index is 0.774. The number of allylic oxidation sites excluding steroid dienone is 1. The van der Waals surface area contributed by atoms with Crippen LogP contribution in [0.2, 0.25) is 0 Å². The third-order valence-corrected chi connectivity index (χ3v) is 1.18. The van der Waals surface area contributed by atoms with E-state index in [-0.39, 0.29) is 0 Å².